The maximum atomic E-state index is 13.3. The monoisotopic (exact) mass is 371 g/mol. The molecule has 0 fully saturated rings. The predicted molar refractivity (Wildman–Crippen MR) is 97.5 cm³/mol. The lowest BCUT2D eigenvalue weighted by atomic mass is 10.2. The van der Waals surface area contributed by atoms with E-state index in [-0.39, 0.29) is 11.4 Å². The summed E-state index contributed by atoms with van der Waals surface area (Å²) in [7, 11) is -1.99. The van der Waals surface area contributed by atoms with Crippen molar-refractivity contribution in [1.29, 1.82) is 0 Å². The van der Waals surface area contributed by atoms with Gasteiger partial charge in [-0.3, -0.25) is 9.10 Å². The number of hydrogen-bond acceptors (Lipinski definition) is 4. The molecule has 1 unspecified atom stereocenters. The molecular weight excluding hydrogens is 354 g/mol. The molecule has 0 saturated carbocycles. The first-order valence-corrected chi connectivity index (χ1v) is 9.45. The number of rotatable bonds is 3. The van der Waals surface area contributed by atoms with Gasteiger partial charge in [0, 0.05) is 24.1 Å². The zero-order valence-corrected chi connectivity index (χ0v) is 14.8. The van der Waals surface area contributed by atoms with E-state index < -0.39 is 22.0 Å². The number of fused-ring (bicyclic) bond motifs is 2. The van der Waals surface area contributed by atoms with Crippen LogP contribution in [0.3, 0.4) is 0 Å². The fourth-order valence-electron chi connectivity index (χ4n) is 3.13. The lowest BCUT2D eigenvalue weighted by Crippen LogP contribution is -2.49. The number of amides is 1. The Bertz CT molecular complexity index is 1120. The SMILES string of the molecule is Cn1ccc2cc(S(=O)(=O)N3CC(C(N)=O)Oc4ccccc43)ccc21. The Morgan fingerprint density at radius 1 is 1.19 bits per heavy atom. The number of sulfonamides is 1. The summed E-state index contributed by atoms with van der Waals surface area (Å²) >= 11 is 0. The number of benzene rings is 2. The average molecular weight is 371 g/mol. The first-order chi connectivity index (χ1) is 12.4. The normalized spacial score (nSPS) is 17.0. The van der Waals surface area contributed by atoms with Gasteiger partial charge < -0.3 is 15.0 Å². The van der Waals surface area contributed by atoms with Gasteiger partial charge in [-0.25, -0.2) is 8.42 Å². The van der Waals surface area contributed by atoms with Gasteiger partial charge in [0.15, 0.2) is 6.10 Å². The number of para-hydroxylation sites is 2. The number of ether oxygens (including phenoxy) is 1. The lowest BCUT2D eigenvalue weighted by molar-refractivity contribution is -0.124. The molecule has 1 aliphatic heterocycles. The van der Waals surface area contributed by atoms with Crippen molar-refractivity contribution < 1.29 is 17.9 Å². The van der Waals surface area contributed by atoms with E-state index in [1.165, 1.54) is 4.31 Å². The van der Waals surface area contributed by atoms with Crippen LogP contribution >= 0.6 is 0 Å². The number of aromatic nitrogens is 1. The Kier molecular flexibility index (Phi) is 3.66. The van der Waals surface area contributed by atoms with Crippen LogP contribution < -0.4 is 14.8 Å². The molecule has 26 heavy (non-hydrogen) atoms. The molecule has 0 radical (unpaired) electrons. The second kappa shape index (κ2) is 5.77. The number of carbonyl (C=O) groups is 1. The first kappa shape index (κ1) is 16.5. The molecule has 8 heteroatoms. The van der Waals surface area contributed by atoms with Gasteiger partial charge in [0.2, 0.25) is 0 Å². The standard InChI is InChI=1S/C18H17N3O4S/c1-20-9-8-12-10-13(6-7-14(12)20)26(23,24)21-11-17(18(19)22)25-16-5-3-2-4-15(16)21/h2-10,17H,11H2,1H3,(H2,19,22). The lowest BCUT2D eigenvalue weighted by Gasteiger charge is -2.34. The molecular formula is C18H17N3O4S. The van der Waals surface area contributed by atoms with Crippen LogP contribution in [-0.2, 0) is 21.9 Å². The van der Waals surface area contributed by atoms with Crippen LogP contribution in [0.1, 0.15) is 0 Å². The summed E-state index contributed by atoms with van der Waals surface area (Å²) in [5.41, 5.74) is 6.68. The van der Waals surface area contributed by atoms with Crippen LogP contribution in [-0.4, -0.2) is 31.5 Å². The highest BCUT2D eigenvalue weighted by molar-refractivity contribution is 7.92. The molecule has 1 aliphatic rings. The highest BCUT2D eigenvalue weighted by Crippen LogP contribution is 2.37. The zero-order valence-electron chi connectivity index (χ0n) is 14.0. The van der Waals surface area contributed by atoms with Crippen molar-refractivity contribution in [2.45, 2.75) is 11.0 Å². The molecule has 2 N–H and O–H groups in total. The summed E-state index contributed by atoms with van der Waals surface area (Å²) in [6.07, 6.45) is 0.828. The third kappa shape index (κ3) is 2.50. The topological polar surface area (TPSA) is 94.6 Å². The summed E-state index contributed by atoms with van der Waals surface area (Å²) < 4.78 is 35.2. The predicted octanol–water partition coefficient (Wildman–Crippen LogP) is 1.62. The molecule has 2 aromatic carbocycles. The molecule has 1 amide bonds. The molecule has 2 heterocycles. The van der Waals surface area contributed by atoms with Gasteiger partial charge in [-0.1, -0.05) is 12.1 Å². The van der Waals surface area contributed by atoms with Gasteiger partial charge >= 0.3 is 0 Å². The second-order valence-electron chi connectivity index (χ2n) is 6.16. The third-order valence-electron chi connectivity index (χ3n) is 4.50. The highest BCUT2D eigenvalue weighted by Gasteiger charge is 2.36. The molecule has 0 spiro atoms. The molecule has 0 bridgehead atoms. The minimum atomic E-state index is -3.89. The number of primary amides is 1. The fourth-order valence-corrected chi connectivity index (χ4v) is 4.64. The largest absolute Gasteiger partial charge is 0.476 e. The van der Waals surface area contributed by atoms with Crippen LogP contribution in [0.25, 0.3) is 10.9 Å². The quantitative estimate of drug-likeness (QED) is 0.757. The Hall–Kier alpha value is -3.00. The van der Waals surface area contributed by atoms with E-state index in [2.05, 4.69) is 0 Å². The van der Waals surface area contributed by atoms with Crippen molar-refractivity contribution in [3.8, 4) is 5.75 Å². The van der Waals surface area contributed by atoms with Crippen LogP contribution in [0.5, 0.6) is 5.75 Å². The van der Waals surface area contributed by atoms with Gasteiger partial charge in [0.05, 0.1) is 17.1 Å². The smallest absolute Gasteiger partial charge is 0.264 e. The van der Waals surface area contributed by atoms with Crippen LogP contribution in [0.4, 0.5) is 5.69 Å². The maximum absolute atomic E-state index is 13.3. The Morgan fingerprint density at radius 3 is 2.73 bits per heavy atom. The maximum Gasteiger partial charge on any atom is 0.264 e. The van der Waals surface area contributed by atoms with Crippen molar-refractivity contribution in [3.05, 3.63) is 54.7 Å². The summed E-state index contributed by atoms with van der Waals surface area (Å²) in [4.78, 5) is 11.8. The van der Waals surface area contributed by atoms with Gasteiger partial charge in [-0.2, -0.15) is 0 Å². The first-order valence-electron chi connectivity index (χ1n) is 8.01. The van der Waals surface area contributed by atoms with Crippen molar-refractivity contribution in [1.82, 2.24) is 4.57 Å². The number of carbonyl (C=O) groups excluding carboxylic acids is 1. The number of anilines is 1. The van der Waals surface area contributed by atoms with Crippen LogP contribution in [0.15, 0.2) is 59.6 Å². The van der Waals surface area contributed by atoms with E-state index in [0.717, 1.165) is 10.9 Å². The number of aryl methyl sites for hydroxylation is 1. The highest BCUT2D eigenvalue weighted by atomic mass is 32.2. The van der Waals surface area contributed by atoms with Gasteiger partial charge in [-0.15, -0.1) is 0 Å². The molecule has 1 atom stereocenters. The van der Waals surface area contributed by atoms with Crippen molar-refractivity contribution >= 4 is 32.5 Å². The van der Waals surface area contributed by atoms with Crippen LogP contribution in [0.2, 0.25) is 0 Å². The van der Waals surface area contributed by atoms with Crippen molar-refractivity contribution in [3.63, 3.8) is 0 Å². The Labute approximate surface area is 150 Å². The number of nitrogens with two attached hydrogens (primary N) is 1. The summed E-state index contributed by atoms with van der Waals surface area (Å²) in [6.45, 7) is -0.165. The molecule has 4 rings (SSSR count). The number of nitrogens with zero attached hydrogens (tertiary/aromatic N) is 2. The van der Waals surface area contributed by atoms with E-state index in [4.69, 9.17) is 10.5 Å². The van der Waals surface area contributed by atoms with E-state index in [1.54, 1.807) is 42.5 Å². The molecule has 0 saturated heterocycles. The van der Waals surface area contributed by atoms with Gasteiger partial charge in [-0.05, 0) is 36.4 Å². The van der Waals surface area contributed by atoms with E-state index in [1.807, 2.05) is 23.9 Å². The minimum absolute atomic E-state index is 0.149. The molecule has 7 nitrogen and oxygen atoms in total. The van der Waals surface area contributed by atoms with E-state index in [9.17, 15) is 13.2 Å². The Morgan fingerprint density at radius 2 is 1.96 bits per heavy atom. The Balaban J connectivity index is 1.84. The molecule has 3 aromatic rings. The summed E-state index contributed by atoms with van der Waals surface area (Å²) in [5, 5.41) is 0.821. The summed E-state index contributed by atoms with van der Waals surface area (Å²) in [5.74, 6) is -0.398. The molecule has 0 aliphatic carbocycles. The molecule has 134 valence electrons. The minimum Gasteiger partial charge on any atom is -0.476 e. The van der Waals surface area contributed by atoms with E-state index >= 15 is 0 Å². The van der Waals surface area contributed by atoms with Crippen LogP contribution in [0, 0.1) is 0 Å². The van der Waals surface area contributed by atoms with E-state index in [0.29, 0.717) is 11.4 Å². The fraction of sp³-hybridized carbons (Fsp3) is 0.167. The second-order valence-corrected chi connectivity index (χ2v) is 8.02. The van der Waals surface area contributed by atoms with Crippen molar-refractivity contribution in [2.24, 2.45) is 12.8 Å². The van der Waals surface area contributed by atoms with Crippen molar-refractivity contribution in [2.75, 3.05) is 10.8 Å². The third-order valence-corrected chi connectivity index (χ3v) is 6.27. The summed E-state index contributed by atoms with van der Waals surface area (Å²) in [6, 6.07) is 13.5. The zero-order chi connectivity index (χ0) is 18.5. The number of hydrogen-bond donors (Lipinski definition) is 1. The van der Waals surface area contributed by atoms with Gasteiger partial charge in [0.25, 0.3) is 15.9 Å². The van der Waals surface area contributed by atoms with Gasteiger partial charge in [0.1, 0.15) is 5.75 Å². The average Bonchev–Trinajstić information content (AvgIpc) is 3.01. The molecule has 1 aromatic heterocycles.